The first-order chi connectivity index (χ1) is 31.2. The summed E-state index contributed by atoms with van der Waals surface area (Å²) in [6.07, 6.45) is -1.60. The van der Waals surface area contributed by atoms with E-state index in [0.717, 1.165) is 0 Å². The van der Waals surface area contributed by atoms with Gasteiger partial charge in [-0.2, -0.15) is 0 Å². The number of nitrogens with zero attached hydrogens (tertiary/aromatic N) is 2. The zero-order chi connectivity index (χ0) is 47.9. The summed E-state index contributed by atoms with van der Waals surface area (Å²) in [6.45, 7) is 7.08. The van der Waals surface area contributed by atoms with E-state index in [4.69, 9.17) is 4.74 Å². The molecule has 0 spiro atoms. The number of rotatable bonds is 17. The molecule has 7 rings (SSSR count). The first kappa shape index (κ1) is 48.1. The highest BCUT2D eigenvalue weighted by Crippen LogP contribution is 2.52. The molecule has 352 valence electrons. The third-order valence-corrected chi connectivity index (χ3v) is 15.9. The van der Waals surface area contributed by atoms with Crippen LogP contribution in [-0.2, 0) is 33.5 Å². The Morgan fingerprint density at radius 1 is 0.818 bits per heavy atom. The summed E-state index contributed by atoms with van der Waals surface area (Å²) >= 11 is 2.56. The number of hydrogen-bond donors (Lipinski definition) is 9. The highest BCUT2D eigenvalue weighted by molar-refractivity contribution is 8.03. The van der Waals surface area contributed by atoms with Gasteiger partial charge in [-0.1, -0.05) is 26.0 Å². The number of carbonyl (C=O) groups excluding carboxylic acids is 4. The highest BCUT2D eigenvalue weighted by Gasteiger charge is 2.60. The molecule has 20 nitrogen and oxygen atoms in total. The number of aromatic carboxylic acids is 1. The predicted molar refractivity (Wildman–Crippen MR) is 240 cm³/mol. The van der Waals surface area contributed by atoms with Gasteiger partial charge in [-0.3, -0.25) is 24.2 Å². The van der Waals surface area contributed by atoms with Gasteiger partial charge >= 0.3 is 29.8 Å². The SMILES string of the molecule is C[C@H](OC(=O)c1cccc(NC(=O)[C@@H]2C[C@H](SC3=C(C(=O)O)N4C(=O)[C@H]([C@@H](C)O)[C@H]4[C@H]3C)CN2)c1)[C@H](C(=O)O)[C@@H]1N=C(C(=O)O)C(S[C@@H]2CN[C@H](C(=O)Nc3cccc(C(=O)O)c3)C2)[C@@H]1C. The molecule has 22 heteroatoms. The van der Waals surface area contributed by atoms with E-state index in [1.54, 1.807) is 19.1 Å². The molecule has 2 aromatic carbocycles. The van der Waals surface area contributed by atoms with Crippen molar-refractivity contribution in [3.8, 4) is 0 Å². The van der Waals surface area contributed by atoms with E-state index >= 15 is 0 Å². The van der Waals surface area contributed by atoms with Gasteiger partial charge in [0.2, 0.25) is 17.7 Å². The monoisotopic (exact) mass is 950 g/mol. The molecule has 3 amide bonds. The van der Waals surface area contributed by atoms with Crippen LogP contribution in [0.25, 0.3) is 0 Å². The van der Waals surface area contributed by atoms with Crippen molar-refractivity contribution >= 4 is 88.2 Å². The van der Waals surface area contributed by atoms with Crippen LogP contribution in [0.1, 0.15) is 61.3 Å². The van der Waals surface area contributed by atoms with Gasteiger partial charge in [0.05, 0.1) is 52.6 Å². The molecule has 1 unspecified atom stereocenters. The highest BCUT2D eigenvalue weighted by atomic mass is 32.2. The molecule has 13 atom stereocenters. The number of anilines is 2. The molecule has 2 aromatic rings. The third-order valence-electron chi connectivity index (χ3n) is 12.7. The van der Waals surface area contributed by atoms with Crippen molar-refractivity contribution in [1.29, 1.82) is 0 Å². The molecule has 0 radical (unpaired) electrons. The lowest BCUT2D eigenvalue weighted by atomic mass is 9.79. The van der Waals surface area contributed by atoms with Crippen molar-refractivity contribution < 1.29 is 68.6 Å². The van der Waals surface area contributed by atoms with E-state index < -0.39 is 107 Å². The van der Waals surface area contributed by atoms with Gasteiger partial charge in [-0.05, 0) is 69.0 Å². The Kier molecular flexibility index (Phi) is 14.3. The van der Waals surface area contributed by atoms with Crippen LogP contribution in [0.3, 0.4) is 0 Å². The number of carboxylic acid groups (broad SMARTS) is 4. The Balaban J connectivity index is 0.939. The van der Waals surface area contributed by atoms with E-state index in [1.165, 1.54) is 78.7 Å². The molecule has 5 heterocycles. The molecule has 9 N–H and O–H groups in total. The third kappa shape index (κ3) is 9.68. The summed E-state index contributed by atoms with van der Waals surface area (Å²) in [4.78, 5) is 108. The number of aliphatic imine (C=N–C) groups is 1. The van der Waals surface area contributed by atoms with Crippen molar-refractivity contribution in [2.24, 2.45) is 28.7 Å². The van der Waals surface area contributed by atoms with Crippen LogP contribution in [0.15, 0.2) is 64.1 Å². The Morgan fingerprint density at radius 3 is 1.95 bits per heavy atom. The number of esters is 1. The van der Waals surface area contributed by atoms with Crippen LogP contribution in [0.2, 0.25) is 0 Å². The van der Waals surface area contributed by atoms with Crippen molar-refractivity contribution in [2.75, 3.05) is 23.7 Å². The summed E-state index contributed by atoms with van der Waals surface area (Å²) in [5.74, 6) is -10.4. The molecule has 3 saturated heterocycles. The van der Waals surface area contributed by atoms with Crippen molar-refractivity contribution in [2.45, 2.75) is 92.7 Å². The van der Waals surface area contributed by atoms with E-state index in [-0.39, 0.29) is 44.6 Å². The topological polar surface area (TPSA) is 311 Å². The number of β-lactam (4-membered cyclic amide) rings is 1. The summed E-state index contributed by atoms with van der Waals surface area (Å²) < 4.78 is 5.67. The van der Waals surface area contributed by atoms with Crippen LogP contribution in [0.5, 0.6) is 0 Å². The van der Waals surface area contributed by atoms with Crippen LogP contribution >= 0.6 is 23.5 Å². The minimum absolute atomic E-state index is 0.000756. The number of thioether (sulfide) groups is 2. The first-order valence-electron chi connectivity index (χ1n) is 21.3. The Bertz CT molecular complexity index is 2410. The number of ether oxygens (including phenoxy) is 1. The van der Waals surface area contributed by atoms with Gasteiger partial charge in [0, 0.05) is 45.8 Å². The smallest absolute Gasteiger partial charge is 0.353 e. The molecule has 0 saturated carbocycles. The number of carboxylic acids is 4. The predicted octanol–water partition coefficient (Wildman–Crippen LogP) is 2.20. The molecule has 0 aromatic heterocycles. The van der Waals surface area contributed by atoms with Gasteiger partial charge in [0.1, 0.15) is 23.4 Å². The Labute approximate surface area is 386 Å². The number of aliphatic hydroxyl groups excluding tert-OH is 1. The lowest BCUT2D eigenvalue weighted by Gasteiger charge is -2.46. The average Bonchev–Trinajstić information content (AvgIpc) is 4.04. The van der Waals surface area contributed by atoms with E-state index in [0.29, 0.717) is 36.5 Å². The Morgan fingerprint density at radius 2 is 1.39 bits per heavy atom. The molecule has 5 aliphatic rings. The maximum Gasteiger partial charge on any atom is 0.353 e. The molecule has 5 aliphatic heterocycles. The fraction of sp³-hybridized carbons (Fsp3) is 0.477. The van der Waals surface area contributed by atoms with Gasteiger partial charge in [0.25, 0.3) is 0 Å². The summed E-state index contributed by atoms with van der Waals surface area (Å²) in [6, 6.07) is 8.73. The lowest BCUT2D eigenvalue weighted by Crippen LogP contribution is -2.63. The zero-order valence-electron chi connectivity index (χ0n) is 36.1. The summed E-state index contributed by atoms with van der Waals surface area (Å²) in [7, 11) is 0. The molecule has 0 aliphatic carbocycles. The van der Waals surface area contributed by atoms with Gasteiger partial charge in [-0.25, -0.2) is 19.2 Å². The van der Waals surface area contributed by atoms with Crippen LogP contribution < -0.4 is 21.3 Å². The number of aliphatic carboxylic acids is 3. The average molecular weight is 951 g/mol. The van der Waals surface area contributed by atoms with Crippen molar-refractivity contribution in [3.63, 3.8) is 0 Å². The van der Waals surface area contributed by atoms with Crippen molar-refractivity contribution in [3.05, 3.63) is 70.3 Å². The largest absolute Gasteiger partial charge is 0.481 e. The van der Waals surface area contributed by atoms with E-state index in [2.05, 4.69) is 26.3 Å². The van der Waals surface area contributed by atoms with E-state index in [1.807, 2.05) is 6.92 Å². The zero-order valence-corrected chi connectivity index (χ0v) is 37.7. The number of hydrogen-bond acceptors (Lipinski definition) is 15. The number of carbonyl (C=O) groups is 8. The van der Waals surface area contributed by atoms with Crippen LogP contribution in [0.4, 0.5) is 11.4 Å². The summed E-state index contributed by atoms with van der Waals surface area (Å²) in [5.41, 5.74) is 0.209. The second kappa shape index (κ2) is 19.6. The number of aliphatic hydroxyl groups is 1. The quantitative estimate of drug-likeness (QED) is 0.0811. The van der Waals surface area contributed by atoms with E-state index in [9.17, 15) is 63.9 Å². The molecule has 66 heavy (non-hydrogen) atoms. The molecule has 0 bridgehead atoms. The first-order valence-corrected chi connectivity index (χ1v) is 23.1. The molecule has 3 fully saturated rings. The minimum Gasteiger partial charge on any atom is -0.481 e. The van der Waals surface area contributed by atoms with Crippen LogP contribution in [0, 0.1) is 23.7 Å². The molecular formula is C44H50N6O14S2. The minimum atomic E-state index is -1.45. The van der Waals surface area contributed by atoms with Crippen LogP contribution in [-0.4, -0.2) is 149 Å². The second-order valence-corrected chi connectivity index (χ2v) is 20.0. The number of fused-ring (bicyclic) bond motifs is 1. The number of benzene rings is 2. The lowest BCUT2D eigenvalue weighted by molar-refractivity contribution is -0.163. The fourth-order valence-corrected chi connectivity index (χ4v) is 12.6. The Hall–Kier alpha value is -5.81. The summed E-state index contributed by atoms with van der Waals surface area (Å²) in [5, 5.41) is 60.5. The molecular weight excluding hydrogens is 901 g/mol. The van der Waals surface area contributed by atoms with Crippen molar-refractivity contribution in [1.82, 2.24) is 15.5 Å². The second-order valence-electron chi connectivity index (χ2n) is 17.2. The fourth-order valence-electron chi connectivity index (χ4n) is 9.46. The van der Waals surface area contributed by atoms with Gasteiger partial charge in [0.15, 0.2) is 0 Å². The maximum atomic E-state index is 13.5. The number of amides is 3. The number of nitrogens with one attached hydrogen (secondary N) is 4. The standard InChI is InChI=1S/C44H50N6O14S2/c1-17-31(49-32(42(59)60)35(17)65-25-13-27(45-15-25)37(52)47-23-9-5-7-21(11-23)40(55)56)30(41(57)58)20(4)64-44(63)22-8-6-10-24(12-22)48-38(53)28-14-26(16-46-28)66-36-18(2)33-29(19(3)51)39(54)50(33)34(36)43(61)62/h5-12,17-20,25-31,33,35,45-46,51H,13-16H2,1-4H3,(H,47,52)(H,48,53)(H,55,56)(H,57,58)(H,59,60)(H,61,62)/t17-,18-,19-,20+,25+,26+,27+,28+,29-,30+,31-,33-,35?/m1/s1. The normalized spacial score (nSPS) is 29.3. The van der Waals surface area contributed by atoms with Gasteiger partial charge in [-0.15, -0.1) is 23.5 Å². The maximum absolute atomic E-state index is 13.5. The van der Waals surface area contributed by atoms with Gasteiger partial charge < -0.3 is 56.4 Å².